The molecule has 1 heterocycles. The lowest BCUT2D eigenvalue weighted by molar-refractivity contribution is 0.199. The van der Waals surface area contributed by atoms with Crippen molar-refractivity contribution in [1.29, 1.82) is 0 Å². The van der Waals surface area contributed by atoms with Gasteiger partial charge < -0.3 is 9.84 Å². The molecule has 1 N–H and O–H groups in total. The van der Waals surface area contributed by atoms with E-state index in [1.807, 2.05) is 49.8 Å². The predicted molar refractivity (Wildman–Crippen MR) is 74.1 cm³/mol. The average Bonchev–Trinajstić information content (AvgIpc) is 2.66. The summed E-state index contributed by atoms with van der Waals surface area (Å²) in [5.74, 6) is 0.836. The van der Waals surface area contributed by atoms with Crippen LogP contribution in [0.2, 0.25) is 0 Å². The fraction of sp³-hybridized carbons (Fsp3) is 0.400. The van der Waals surface area contributed by atoms with E-state index in [2.05, 4.69) is 5.10 Å². The number of benzene rings is 1. The molecule has 1 aromatic carbocycles. The van der Waals surface area contributed by atoms with Crippen molar-refractivity contribution in [1.82, 2.24) is 9.78 Å². The highest BCUT2D eigenvalue weighted by Gasteiger charge is 2.07. The molecule has 0 saturated carbocycles. The van der Waals surface area contributed by atoms with Crippen LogP contribution in [0.4, 0.5) is 0 Å². The number of aromatic nitrogens is 2. The summed E-state index contributed by atoms with van der Waals surface area (Å²) in [5, 5.41) is 13.8. The summed E-state index contributed by atoms with van der Waals surface area (Å²) in [5.41, 5.74) is 3.96. The maximum Gasteiger partial charge on any atom is 0.130 e. The maximum atomic E-state index is 9.53. The Labute approximate surface area is 113 Å². The van der Waals surface area contributed by atoms with Crippen LogP contribution in [0.1, 0.15) is 35.5 Å². The normalized spacial score (nSPS) is 12.5. The number of ether oxygens (including phenoxy) is 1. The van der Waals surface area contributed by atoms with E-state index in [0.717, 1.165) is 28.3 Å². The highest BCUT2D eigenvalue weighted by Crippen LogP contribution is 2.23. The van der Waals surface area contributed by atoms with Crippen molar-refractivity contribution in [2.24, 2.45) is 7.05 Å². The highest BCUT2D eigenvalue weighted by molar-refractivity contribution is 5.37. The van der Waals surface area contributed by atoms with Crippen molar-refractivity contribution >= 4 is 0 Å². The molecule has 0 aliphatic rings. The van der Waals surface area contributed by atoms with E-state index in [-0.39, 0.29) is 0 Å². The van der Waals surface area contributed by atoms with E-state index in [0.29, 0.717) is 6.61 Å². The molecule has 4 heteroatoms. The van der Waals surface area contributed by atoms with Crippen LogP contribution in [0, 0.1) is 13.8 Å². The number of nitrogens with zero attached hydrogens (tertiary/aromatic N) is 2. The van der Waals surface area contributed by atoms with E-state index >= 15 is 0 Å². The average molecular weight is 260 g/mol. The molecular weight excluding hydrogens is 240 g/mol. The topological polar surface area (TPSA) is 47.3 Å². The van der Waals surface area contributed by atoms with Gasteiger partial charge >= 0.3 is 0 Å². The van der Waals surface area contributed by atoms with Crippen molar-refractivity contribution in [3.05, 3.63) is 46.8 Å². The molecule has 0 amide bonds. The van der Waals surface area contributed by atoms with Gasteiger partial charge in [0.1, 0.15) is 12.4 Å². The van der Waals surface area contributed by atoms with Crippen molar-refractivity contribution in [3.63, 3.8) is 0 Å². The third-order valence-corrected chi connectivity index (χ3v) is 3.16. The molecule has 0 bridgehead atoms. The first kappa shape index (κ1) is 13.6. The second-order valence-corrected chi connectivity index (χ2v) is 4.89. The Kier molecular flexibility index (Phi) is 3.90. The summed E-state index contributed by atoms with van der Waals surface area (Å²) >= 11 is 0. The number of rotatable bonds is 4. The Bertz CT molecular complexity index is 574. The summed E-state index contributed by atoms with van der Waals surface area (Å²) in [4.78, 5) is 0. The zero-order chi connectivity index (χ0) is 14.0. The molecule has 0 radical (unpaired) electrons. The minimum atomic E-state index is -0.451. The van der Waals surface area contributed by atoms with E-state index in [9.17, 15) is 5.11 Å². The molecule has 1 atom stereocenters. The van der Waals surface area contributed by atoms with Gasteiger partial charge in [0.2, 0.25) is 0 Å². The molecular formula is C15H20N2O2. The molecule has 19 heavy (non-hydrogen) atoms. The van der Waals surface area contributed by atoms with Crippen LogP contribution in [0.5, 0.6) is 5.75 Å². The molecule has 0 aliphatic carbocycles. The summed E-state index contributed by atoms with van der Waals surface area (Å²) in [6.07, 6.45) is -0.451. The Morgan fingerprint density at radius 3 is 2.58 bits per heavy atom. The van der Waals surface area contributed by atoms with Gasteiger partial charge in [0.25, 0.3) is 0 Å². The maximum absolute atomic E-state index is 9.53. The molecule has 1 aromatic heterocycles. The van der Waals surface area contributed by atoms with Crippen molar-refractivity contribution in [3.8, 4) is 5.75 Å². The summed E-state index contributed by atoms with van der Waals surface area (Å²) < 4.78 is 7.64. The fourth-order valence-corrected chi connectivity index (χ4v) is 2.05. The quantitative estimate of drug-likeness (QED) is 0.919. The van der Waals surface area contributed by atoms with Gasteiger partial charge in [-0.05, 0) is 50.1 Å². The van der Waals surface area contributed by atoms with Crippen LogP contribution in [0.15, 0.2) is 24.3 Å². The van der Waals surface area contributed by atoms with Crippen molar-refractivity contribution in [2.45, 2.75) is 33.5 Å². The van der Waals surface area contributed by atoms with E-state index in [1.54, 1.807) is 6.92 Å². The standard InChI is InChI=1S/C15H20N2O2/c1-10-7-13(12(3)18)5-6-15(10)19-9-14-8-11(2)16-17(14)4/h5-8,12,18H,9H2,1-4H3/t12-/m0/s1. The first-order valence-corrected chi connectivity index (χ1v) is 6.38. The van der Waals surface area contributed by atoms with Crippen molar-refractivity contribution < 1.29 is 9.84 Å². The number of hydrogen-bond donors (Lipinski definition) is 1. The predicted octanol–water partition coefficient (Wildman–Crippen LogP) is 2.67. The molecule has 0 spiro atoms. The van der Waals surface area contributed by atoms with Gasteiger partial charge in [0.15, 0.2) is 0 Å². The molecule has 102 valence electrons. The van der Waals surface area contributed by atoms with Gasteiger partial charge in [0.05, 0.1) is 17.5 Å². The zero-order valence-electron chi connectivity index (χ0n) is 11.8. The lowest BCUT2D eigenvalue weighted by Gasteiger charge is -2.12. The van der Waals surface area contributed by atoms with E-state index in [4.69, 9.17) is 4.74 Å². The number of aryl methyl sites for hydroxylation is 3. The first-order chi connectivity index (χ1) is 8.97. The lowest BCUT2D eigenvalue weighted by Crippen LogP contribution is -2.04. The SMILES string of the molecule is Cc1cc(COc2ccc([C@H](C)O)cc2C)n(C)n1. The first-order valence-electron chi connectivity index (χ1n) is 6.38. The van der Waals surface area contributed by atoms with Gasteiger partial charge in [-0.2, -0.15) is 5.10 Å². The number of aliphatic hydroxyl groups excluding tert-OH is 1. The van der Waals surface area contributed by atoms with Gasteiger partial charge in [0, 0.05) is 7.05 Å². The fourth-order valence-electron chi connectivity index (χ4n) is 2.05. The molecule has 4 nitrogen and oxygen atoms in total. The third kappa shape index (κ3) is 3.15. The third-order valence-electron chi connectivity index (χ3n) is 3.16. The molecule has 0 aliphatic heterocycles. The molecule has 0 fully saturated rings. The summed E-state index contributed by atoms with van der Waals surface area (Å²) in [7, 11) is 1.91. The monoisotopic (exact) mass is 260 g/mol. The van der Waals surface area contributed by atoms with Crippen LogP contribution >= 0.6 is 0 Å². The van der Waals surface area contributed by atoms with E-state index in [1.165, 1.54) is 0 Å². The summed E-state index contributed by atoms with van der Waals surface area (Å²) in [6.45, 7) is 6.20. The Balaban J connectivity index is 2.10. The molecule has 2 aromatic rings. The van der Waals surface area contributed by atoms with Crippen LogP contribution in [0.3, 0.4) is 0 Å². The van der Waals surface area contributed by atoms with Gasteiger partial charge in [-0.3, -0.25) is 4.68 Å². The van der Waals surface area contributed by atoms with Crippen LogP contribution < -0.4 is 4.74 Å². The van der Waals surface area contributed by atoms with Crippen LogP contribution in [0.25, 0.3) is 0 Å². The number of hydrogen-bond acceptors (Lipinski definition) is 3. The second kappa shape index (κ2) is 5.45. The van der Waals surface area contributed by atoms with Crippen molar-refractivity contribution in [2.75, 3.05) is 0 Å². The molecule has 2 rings (SSSR count). The Morgan fingerprint density at radius 1 is 1.32 bits per heavy atom. The van der Waals surface area contributed by atoms with E-state index < -0.39 is 6.10 Å². The van der Waals surface area contributed by atoms with Crippen LogP contribution in [-0.4, -0.2) is 14.9 Å². The summed E-state index contributed by atoms with van der Waals surface area (Å²) in [6, 6.07) is 7.76. The van der Waals surface area contributed by atoms with Crippen LogP contribution in [-0.2, 0) is 13.7 Å². The Morgan fingerprint density at radius 2 is 2.05 bits per heavy atom. The minimum absolute atomic E-state index is 0.451. The smallest absolute Gasteiger partial charge is 0.130 e. The lowest BCUT2D eigenvalue weighted by atomic mass is 10.1. The van der Waals surface area contributed by atoms with Gasteiger partial charge in [-0.1, -0.05) is 6.07 Å². The highest BCUT2D eigenvalue weighted by atomic mass is 16.5. The minimum Gasteiger partial charge on any atom is -0.487 e. The largest absolute Gasteiger partial charge is 0.487 e. The molecule has 0 unspecified atom stereocenters. The van der Waals surface area contributed by atoms with Gasteiger partial charge in [-0.15, -0.1) is 0 Å². The van der Waals surface area contributed by atoms with Gasteiger partial charge in [-0.25, -0.2) is 0 Å². The Hall–Kier alpha value is -1.81. The second-order valence-electron chi connectivity index (χ2n) is 4.89. The zero-order valence-corrected chi connectivity index (χ0v) is 11.8. The molecule has 0 saturated heterocycles. The number of aliphatic hydroxyl groups is 1.